The smallest absolute Gasteiger partial charge is 0.164 e. The zero-order valence-electron chi connectivity index (χ0n) is 17.4. The molecule has 26 heavy (non-hydrogen) atoms. The van der Waals surface area contributed by atoms with Crippen LogP contribution in [0.3, 0.4) is 0 Å². The van der Waals surface area contributed by atoms with E-state index < -0.39 is 12.2 Å². The van der Waals surface area contributed by atoms with E-state index in [-0.39, 0.29) is 11.6 Å². The van der Waals surface area contributed by atoms with Gasteiger partial charge in [-0.3, -0.25) is 9.59 Å². The fourth-order valence-corrected chi connectivity index (χ4v) is 3.39. The van der Waals surface area contributed by atoms with E-state index in [4.69, 9.17) is 9.47 Å². The van der Waals surface area contributed by atoms with Crippen molar-refractivity contribution in [3.05, 3.63) is 0 Å². The summed E-state index contributed by atoms with van der Waals surface area (Å²) in [6.45, 7) is 9.69. The minimum absolute atomic E-state index is 0.0346. The van der Waals surface area contributed by atoms with Gasteiger partial charge in [0, 0.05) is 12.8 Å². The molecule has 0 radical (unpaired) electrons. The molecule has 0 N–H and O–H groups in total. The third-order valence-corrected chi connectivity index (χ3v) is 5.00. The van der Waals surface area contributed by atoms with Crippen molar-refractivity contribution in [2.45, 2.75) is 104 Å². The lowest BCUT2D eigenvalue weighted by Gasteiger charge is -2.30. The highest BCUT2D eigenvalue weighted by molar-refractivity contribution is 5.93. The monoisotopic (exact) mass is 368 g/mol. The molecule has 0 amide bonds. The molecule has 1 rings (SSSR count). The molecule has 1 saturated heterocycles. The first-order valence-electron chi connectivity index (χ1n) is 10.7. The van der Waals surface area contributed by atoms with Crippen molar-refractivity contribution in [3.8, 4) is 0 Å². The number of ether oxygens (including phenoxy) is 2. The molecule has 0 spiro atoms. The van der Waals surface area contributed by atoms with Crippen LogP contribution in [0.4, 0.5) is 0 Å². The molecule has 1 aliphatic rings. The third-order valence-electron chi connectivity index (χ3n) is 5.00. The number of ketones is 2. The van der Waals surface area contributed by atoms with E-state index in [0.717, 1.165) is 38.5 Å². The van der Waals surface area contributed by atoms with E-state index in [2.05, 4.69) is 27.7 Å². The molecule has 0 saturated carbocycles. The summed E-state index contributed by atoms with van der Waals surface area (Å²) in [6.07, 6.45) is 8.21. The Labute approximate surface area is 160 Å². The van der Waals surface area contributed by atoms with E-state index in [9.17, 15) is 9.59 Å². The Morgan fingerprint density at radius 3 is 1.42 bits per heavy atom. The van der Waals surface area contributed by atoms with Crippen LogP contribution in [0.25, 0.3) is 0 Å². The first-order valence-corrected chi connectivity index (χ1v) is 10.7. The van der Waals surface area contributed by atoms with Gasteiger partial charge in [-0.25, -0.2) is 0 Å². The van der Waals surface area contributed by atoms with Crippen molar-refractivity contribution >= 4 is 11.6 Å². The van der Waals surface area contributed by atoms with Gasteiger partial charge in [-0.1, -0.05) is 66.2 Å². The van der Waals surface area contributed by atoms with Crippen LogP contribution < -0.4 is 0 Å². The molecule has 0 aromatic heterocycles. The number of rotatable bonds is 14. The zero-order valence-corrected chi connectivity index (χ0v) is 17.4. The first kappa shape index (κ1) is 23.3. The maximum atomic E-state index is 12.5. The van der Waals surface area contributed by atoms with Crippen molar-refractivity contribution in [1.29, 1.82) is 0 Å². The first-order chi connectivity index (χ1) is 12.4. The van der Waals surface area contributed by atoms with Crippen LogP contribution in [-0.2, 0) is 19.1 Å². The van der Waals surface area contributed by atoms with Crippen molar-refractivity contribution in [2.24, 2.45) is 11.8 Å². The van der Waals surface area contributed by atoms with Gasteiger partial charge in [-0.05, 0) is 24.7 Å². The Morgan fingerprint density at radius 1 is 0.692 bits per heavy atom. The van der Waals surface area contributed by atoms with Gasteiger partial charge in [-0.15, -0.1) is 0 Å². The van der Waals surface area contributed by atoms with Crippen molar-refractivity contribution in [3.63, 3.8) is 0 Å². The summed E-state index contributed by atoms with van der Waals surface area (Å²) in [5.41, 5.74) is 0. The number of unbranched alkanes of at least 4 members (excludes halogenated alkanes) is 4. The van der Waals surface area contributed by atoms with Crippen LogP contribution in [0.5, 0.6) is 0 Å². The van der Waals surface area contributed by atoms with E-state index in [1.54, 1.807) is 0 Å². The fraction of sp³-hybridized carbons (Fsp3) is 0.909. The SMILES string of the molecule is CC(C)CCCCCC(=O)C1OCCOC1C(=O)CCCCCC(C)C. The molecule has 2 atom stereocenters. The third kappa shape index (κ3) is 9.82. The molecule has 4 nitrogen and oxygen atoms in total. The highest BCUT2D eigenvalue weighted by atomic mass is 16.6. The topological polar surface area (TPSA) is 52.6 Å². The second-order valence-corrected chi connectivity index (χ2v) is 8.50. The summed E-state index contributed by atoms with van der Waals surface area (Å²) in [5.74, 6) is 1.49. The predicted octanol–water partition coefficient (Wildman–Crippen LogP) is 5.12. The second-order valence-electron chi connectivity index (χ2n) is 8.50. The van der Waals surface area contributed by atoms with Gasteiger partial charge in [0.2, 0.25) is 0 Å². The Hall–Kier alpha value is -0.740. The summed E-state index contributed by atoms with van der Waals surface area (Å²) in [4.78, 5) is 25.0. The van der Waals surface area contributed by atoms with E-state index in [1.807, 2.05) is 0 Å². The minimum atomic E-state index is -0.683. The molecule has 152 valence electrons. The lowest BCUT2D eigenvalue weighted by Crippen LogP contribution is -2.48. The van der Waals surface area contributed by atoms with Crippen molar-refractivity contribution in [2.75, 3.05) is 13.2 Å². The number of hydrogen-bond donors (Lipinski definition) is 0. The van der Waals surface area contributed by atoms with Crippen molar-refractivity contribution in [1.82, 2.24) is 0 Å². The second kappa shape index (κ2) is 13.4. The van der Waals surface area contributed by atoms with Gasteiger partial charge in [-0.2, -0.15) is 0 Å². The molecular formula is C22H40O4. The van der Waals surface area contributed by atoms with Gasteiger partial charge in [0.1, 0.15) is 12.2 Å². The lowest BCUT2D eigenvalue weighted by molar-refractivity contribution is -0.172. The lowest BCUT2D eigenvalue weighted by atomic mass is 9.96. The van der Waals surface area contributed by atoms with Crippen molar-refractivity contribution < 1.29 is 19.1 Å². The molecule has 0 aliphatic carbocycles. The Morgan fingerprint density at radius 2 is 1.08 bits per heavy atom. The maximum absolute atomic E-state index is 12.5. The number of hydrogen-bond acceptors (Lipinski definition) is 4. The molecule has 0 aromatic carbocycles. The van der Waals surface area contributed by atoms with Crippen LogP contribution in [0.15, 0.2) is 0 Å². The summed E-state index contributed by atoms with van der Waals surface area (Å²) >= 11 is 0. The standard InChI is InChI=1S/C22H40O4/c1-17(2)11-7-5-9-13-19(23)21-22(26-16-15-25-21)20(24)14-10-6-8-12-18(3)4/h17-18,21-22H,5-16H2,1-4H3. The van der Waals surface area contributed by atoms with Gasteiger partial charge < -0.3 is 9.47 Å². The fourth-order valence-electron chi connectivity index (χ4n) is 3.39. The van der Waals surface area contributed by atoms with Crippen LogP contribution in [0.1, 0.15) is 91.9 Å². The minimum Gasteiger partial charge on any atom is -0.365 e. The molecule has 0 bridgehead atoms. The molecule has 1 fully saturated rings. The molecular weight excluding hydrogens is 328 g/mol. The molecule has 4 heteroatoms. The highest BCUT2D eigenvalue weighted by Crippen LogP contribution is 2.19. The van der Waals surface area contributed by atoms with Crippen LogP contribution >= 0.6 is 0 Å². The van der Waals surface area contributed by atoms with Crippen LogP contribution in [-0.4, -0.2) is 37.0 Å². The van der Waals surface area contributed by atoms with Crippen LogP contribution in [0, 0.1) is 11.8 Å². The summed E-state index contributed by atoms with van der Waals surface area (Å²) in [6, 6.07) is 0. The summed E-state index contributed by atoms with van der Waals surface area (Å²) < 4.78 is 11.3. The largest absolute Gasteiger partial charge is 0.365 e. The van der Waals surface area contributed by atoms with Gasteiger partial charge in [0.05, 0.1) is 13.2 Å². The van der Waals surface area contributed by atoms with Crippen LogP contribution in [0.2, 0.25) is 0 Å². The normalized spacial score (nSPS) is 20.7. The number of carbonyl (C=O) groups is 2. The van der Waals surface area contributed by atoms with Gasteiger partial charge in [0.25, 0.3) is 0 Å². The maximum Gasteiger partial charge on any atom is 0.164 e. The molecule has 2 unspecified atom stereocenters. The Kier molecular flexibility index (Phi) is 12.0. The number of carbonyl (C=O) groups excluding carboxylic acids is 2. The van der Waals surface area contributed by atoms with Gasteiger partial charge >= 0.3 is 0 Å². The molecule has 0 aromatic rings. The molecule has 1 aliphatic heterocycles. The Balaban J connectivity index is 2.33. The quantitative estimate of drug-likeness (QED) is 0.399. The predicted molar refractivity (Wildman–Crippen MR) is 105 cm³/mol. The average molecular weight is 369 g/mol. The van der Waals surface area contributed by atoms with E-state index in [0.29, 0.717) is 37.9 Å². The average Bonchev–Trinajstić information content (AvgIpc) is 2.60. The summed E-state index contributed by atoms with van der Waals surface area (Å²) in [7, 11) is 0. The Bertz CT molecular complexity index is 365. The van der Waals surface area contributed by atoms with E-state index >= 15 is 0 Å². The highest BCUT2D eigenvalue weighted by Gasteiger charge is 2.36. The molecule has 1 heterocycles. The van der Waals surface area contributed by atoms with Gasteiger partial charge in [0.15, 0.2) is 11.6 Å². The number of Topliss-reactive ketones (excluding diaryl/α,β-unsaturated/α-hetero) is 2. The van der Waals surface area contributed by atoms with E-state index in [1.165, 1.54) is 12.8 Å². The zero-order chi connectivity index (χ0) is 19.4. The summed E-state index contributed by atoms with van der Waals surface area (Å²) in [5, 5.41) is 0.